The third-order valence-corrected chi connectivity index (χ3v) is 8.19. The van der Waals surface area contributed by atoms with Crippen molar-refractivity contribution in [1.82, 2.24) is 24.2 Å². The monoisotopic (exact) mass is 433 g/mol. The van der Waals surface area contributed by atoms with E-state index in [0.717, 1.165) is 42.4 Å². The molecule has 0 radical (unpaired) electrons. The van der Waals surface area contributed by atoms with Crippen molar-refractivity contribution in [3.05, 3.63) is 41.4 Å². The number of aryl methyl sites for hydroxylation is 2. The highest BCUT2D eigenvalue weighted by molar-refractivity contribution is 7.91. The van der Waals surface area contributed by atoms with Crippen molar-refractivity contribution in [2.75, 3.05) is 24.6 Å². The van der Waals surface area contributed by atoms with E-state index in [1.807, 2.05) is 31.6 Å². The quantitative estimate of drug-likeness (QED) is 0.578. The molecule has 0 unspecified atom stereocenters. The Balaban J connectivity index is 1.41. The van der Waals surface area contributed by atoms with Crippen molar-refractivity contribution >= 4 is 32.5 Å². The lowest BCUT2D eigenvalue weighted by molar-refractivity contribution is 0.181. The van der Waals surface area contributed by atoms with Crippen molar-refractivity contribution in [3.63, 3.8) is 0 Å². The summed E-state index contributed by atoms with van der Waals surface area (Å²) in [5.41, 5.74) is 3.21. The summed E-state index contributed by atoms with van der Waals surface area (Å²) >= 11 is 6.18. The minimum absolute atomic E-state index is 0.165. The Kier molecular flexibility index (Phi) is 4.49. The highest BCUT2D eigenvalue weighted by Gasteiger charge is 2.48. The molecule has 7 nitrogen and oxygen atoms in total. The molecule has 2 fully saturated rings. The molecule has 1 saturated heterocycles. The van der Waals surface area contributed by atoms with Crippen molar-refractivity contribution in [2.45, 2.75) is 31.2 Å². The van der Waals surface area contributed by atoms with Gasteiger partial charge in [-0.15, -0.1) is 0 Å². The molecule has 4 heterocycles. The first-order valence-electron chi connectivity index (χ1n) is 9.96. The van der Waals surface area contributed by atoms with Crippen LogP contribution in [0.25, 0.3) is 16.7 Å². The normalized spacial score (nSPS) is 20.9. The molecule has 1 saturated carbocycles. The Morgan fingerprint density at radius 1 is 1.17 bits per heavy atom. The minimum atomic E-state index is -2.85. The molecule has 3 aromatic heterocycles. The third kappa shape index (κ3) is 3.58. The maximum absolute atomic E-state index is 11.8. The van der Waals surface area contributed by atoms with E-state index in [1.54, 1.807) is 4.68 Å². The second-order valence-corrected chi connectivity index (χ2v) is 11.0. The van der Waals surface area contributed by atoms with Crippen LogP contribution < -0.4 is 0 Å². The zero-order valence-corrected chi connectivity index (χ0v) is 18.0. The van der Waals surface area contributed by atoms with Crippen LogP contribution in [0, 0.1) is 0 Å². The third-order valence-electron chi connectivity index (χ3n) is 6.37. The van der Waals surface area contributed by atoms with Crippen molar-refractivity contribution in [2.24, 2.45) is 7.05 Å². The molecular formula is C20H24ClN5O2S. The van der Waals surface area contributed by atoms with Gasteiger partial charge in [-0.3, -0.25) is 14.1 Å². The van der Waals surface area contributed by atoms with Crippen LogP contribution in [0.1, 0.15) is 24.8 Å². The van der Waals surface area contributed by atoms with Crippen molar-refractivity contribution < 1.29 is 8.42 Å². The fourth-order valence-corrected chi connectivity index (χ4v) is 5.84. The van der Waals surface area contributed by atoms with Gasteiger partial charge in [0.15, 0.2) is 9.84 Å². The Hall–Kier alpha value is -1.90. The molecule has 29 heavy (non-hydrogen) atoms. The minimum Gasteiger partial charge on any atom is -0.298 e. The van der Waals surface area contributed by atoms with Crippen LogP contribution in [-0.2, 0) is 23.3 Å². The van der Waals surface area contributed by atoms with Crippen LogP contribution in [0.15, 0.2) is 30.7 Å². The molecule has 154 valence electrons. The van der Waals surface area contributed by atoms with Gasteiger partial charge in [0.25, 0.3) is 0 Å². The van der Waals surface area contributed by atoms with E-state index < -0.39 is 9.84 Å². The van der Waals surface area contributed by atoms with E-state index in [9.17, 15) is 8.42 Å². The molecule has 0 aromatic carbocycles. The zero-order valence-electron chi connectivity index (χ0n) is 16.4. The van der Waals surface area contributed by atoms with E-state index in [0.29, 0.717) is 18.2 Å². The van der Waals surface area contributed by atoms with Gasteiger partial charge < -0.3 is 0 Å². The van der Waals surface area contributed by atoms with Crippen LogP contribution >= 0.6 is 11.6 Å². The second kappa shape index (κ2) is 6.82. The fourth-order valence-electron chi connectivity index (χ4n) is 4.50. The Bertz CT molecular complexity index is 1160. The van der Waals surface area contributed by atoms with E-state index in [-0.39, 0.29) is 17.0 Å². The molecule has 3 aromatic rings. The van der Waals surface area contributed by atoms with Gasteiger partial charge in [-0.1, -0.05) is 11.6 Å². The average molecular weight is 434 g/mol. The summed E-state index contributed by atoms with van der Waals surface area (Å²) in [6.45, 7) is 1.33. The van der Waals surface area contributed by atoms with E-state index in [4.69, 9.17) is 11.6 Å². The van der Waals surface area contributed by atoms with Gasteiger partial charge in [0, 0.05) is 43.5 Å². The highest BCUT2D eigenvalue weighted by Crippen LogP contribution is 2.46. The van der Waals surface area contributed by atoms with Gasteiger partial charge in [-0.25, -0.2) is 13.4 Å². The average Bonchev–Trinajstić information content (AvgIpc) is 3.21. The maximum atomic E-state index is 11.8. The molecule has 0 spiro atoms. The molecule has 5 rings (SSSR count). The van der Waals surface area contributed by atoms with Crippen molar-refractivity contribution in [1.29, 1.82) is 0 Å². The number of sulfone groups is 1. The topological polar surface area (TPSA) is 73.0 Å². The number of fused-ring (bicyclic) bond motifs is 1. The number of halogens is 1. The Morgan fingerprint density at radius 3 is 2.59 bits per heavy atom. The summed E-state index contributed by atoms with van der Waals surface area (Å²) in [6, 6.07) is 3.88. The number of nitrogens with zero attached hydrogens (tertiary/aromatic N) is 5. The molecule has 0 atom stereocenters. The number of aromatic nitrogens is 4. The molecule has 0 bridgehead atoms. The Labute approximate surface area is 175 Å². The molecule has 1 aliphatic carbocycles. The molecular weight excluding hydrogens is 410 g/mol. The predicted octanol–water partition coefficient (Wildman–Crippen LogP) is 2.61. The van der Waals surface area contributed by atoms with E-state index in [1.165, 1.54) is 5.56 Å². The lowest BCUT2D eigenvalue weighted by Gasteiger charge is -2.34. The molecule has 0 amide bonds. The number of hydrogen-bond acceptors (Lipinski definition) is 5. The SMILES string of the molecule is Cn1cc(-n2cc(CCC3(N4CCS(=O)(=O)CC4)CC3)c3ccc(Cl)nc32)cn1. The molecule has 1 aliphatic heterocycles. The van der Waals surface area contributed by atoms with Gasteiger partial charge in [-0.2, -0.15) is 5.10 Å². The van der Waals surface area contributed by atoms with Crippen molar-refractivity contribution in [3.8, 4) is 5.69 Å². The Morgan fingerprint density at radius 2 is 1.93 bits per heavy atom. The van der Waals surface area contributed by atoms with Crippen LogP contribution in [0.4, 0.5) is 0 Å². The summed E-state index contributed by atoms with van der Waals surface area (Å²) in [6.07, 6.45) is 10.2. The second-order valence-electron chi connectivity index (χ2n) is 8.26. The number of hydrogen-bond donors (Lipinski definition) is 0. The van der Waals surface area contributed by atoms with E-state index >= 15 is 0 Å². The summed E-state index contributed by atoms with van der Waals surface area (Å²) in [5.74, 6) is 0.578. The summed E-state index contributed by atoms with van der Waals surface area (Å²) in [7, 11) is -0.952. The van der Waals surface area contributed by atoms with E-state index in [2.05, 4.69) is 25.7 Å². The van der Waals surface area contributed by atoms with Gasteiger partial charge in [0.2, 0.25) is 0 Å². The molecule has 0 N–H and O–H groups in total. The number of pyridine rings is 1. The largest absolute Gasteiger partial charge is 0.298 e. The highest BCUT2D eigenvalue weighted by atomic mass is 35.5. The van der Waals surface area contributed by atoms with Crippen LogP contribution in [0.5, 0.6) is 0 Å². The fraction of sp³-hybridized carbons (Fsp3) is 0.500. The molecule has 2 aliphatic rings. The summed E-state index contributed by atoms with van der Waals surface area (Å²) in [4.78, 5) is 6.97. The smallest absolute Gasteiger partial charge is 0.152 e. The van der Waals surface area contributed by atoms with Gasteiger partial charge >= 0.3 is 0 Å². The summed E-state index contributed by atoms with van der Waals surface area (Å²) in [5, 5.41) is 5.86. The van der Waals surface area contributed by atoms with Gasteiger partial charge in [0.05, 0.1) is 23.4 Å². The van der Waals surface area contributed by atoms with Crippen LogP contribution in [-0.4, -0.2) is 62.8 Å². The van der Waals surface area contributed by atoms with Gasteiger partial charge in [-0.05, 0) is 43.4 Å². The van der Waals surface area contributed by atoms with Crippen LogP contribution in [0.3, 0.4) is 0 Å². The summed E-state index contributed by atoms with van der Waals surface area (Å²) < 4.78 is 27.4. The first-order chi connectivity index (χ1) is 13.9. The lowest BCUT2D eigenvalue weighted by atomic mass is 10.0. The van der Waals surface area contributed by atoms with Crippen LogP contribution in [0.2, 0.25) is 5.15 Å². The molecule has 9 heteroatoms. The maximum Gasteiger partial charge on any atom is 0.152 e. The number of rotatable bonds is 5. The lowest BCUT2D eigenvalue weighted by Crippen LogP contribution is -2.47. The van der Waals surface area contributed by atoms with Gasteiger partial charge in [0.1, 0.15) is 10.8 Å². The standard InChI is InChI=1S/C20H24ClN5O2S/c1-24-14-16(12-22-24)26-13-15(17-2-3-18(21)23-19(17)26)4-5-20(6-7-20)25-8-10-29(27,28)11-9-25/h2-3,12-14H,4-11H2,1H3. The first-order valence-corrected chi connectivity index (χ1v) is 12.2. The first kappa shape index (κ1) is 19.1. The predicted molar refractivity (Wildman–Crippen MR) is 113 cm³/mol. The zero-order chi connectivity index (χ0) is 20.2.